The van der Waals surface area contributed by atoms with Gasteiger partial charge < -0.3 is 4.74 Å². The van der Waals surface area contributed by atoms with Crippen LogP contribution in [0.1, 0.15) is 30.9 Å². The highest BCUT2D eigenvalue weighted by Crippen LogP contribution is 2.35. The van der Waals surface area contributed by atoms with E-state index in [4.69, 9.17) is 4.74 Å². The molecule has 0 atom stereocenters. The molecule has 0 aliphatic heterocycles. The predicted octanol–water partition coefficient (Wildman–Crippen LogP) is 4.56. The summed E-state index contributed by atoms with van der Waals surface area (Å²) < 4.78 is 82.1. The maximum absolute atomic E-state index is 12.9. The normalized spacial score (nSPS) is 12.9. The third-order valence-electron chi connectivity index (χ3n) is 3.31. The SMILES string of the molecule is CC(C)(COc1ncccc1C(F)(F)F)Cc1nccc(C(F)(F)F)n1. The van der Waals surface area contributed by atoms with Gasteiger partial charge in [0, 0.05) is 24.2 Å². The van der Waals surface area contributed by atoms with Crippen molar-refractivity contribution in [1.82, 2.24) is 15.0 Å². The molecule has 4 nitrogen and oxygen atoms in total. The van der Waals surface area contributed by atoms with Gasteiger partial charge >= 0.3 is 12.4 Å². The monoisotopic (exact) mass is 379 g/mol. The van der Waals surface area contributed by atoms with Crippen molar-refractivity contribution in [3.8, 4) is 5.88 Å². The zero-order valence-corrected chi connectivity index (χ0v) is 13.8. The van der Waals surface area contributed by atoms with Gasteiger partial charge in [-0.25, -0.2) is 15.0 Å². The van der Waals surface area contributed by atoms with Crippen molar-refractivity contribution < 1.29 is 31.1 Å². The van der Waals surface area contributed by atoms with Gasteiger partial charge in [0.2, 0.25) is 5.88 Å². The van der Waals surface area contributed by atoms with Crippen molar-refractivity contribution in [2.24, 2.45) is 5.41 Å². The van der Waals surface area contributed by atoms with E-state index >= 15 is 0 Å². The van der Waals surface area contributed by atoms with Gasteiger partial charge in [-0.05, 0) is 18.2 Å². The van der Waals surface area contributed by atoms with Crippen molar-refractivity contribution in [2.75, 3.05) is 6.61 Å². The number of alkyl halides is 6. The summed E-state index contributed by atoms with van der Waals surface area (Å²) in [5, 5.41) is 0. The third kappa shape index (κ3) is 5.30. The molecule has 0 aromatic carbocycles. The topological polar surface area (TPSA) is 47.9 Å². The van der Waals surface area contributed by atoms with E-state index < -0.39 is 34.9 Å². The fourth-order valence-corrected chi connectivity index (χ4v) is 2.11. The largest absolute Gasteiger partial charge is 0.477 e. The summed E-state index contributed by atoms with van der Waals surface area (Å²) in [5.41, 5.74) is -2.93. The molecule has 0 aliphatic rings. The zero-order chi connectivity index (χ0) is 19.6. The molecular weight excluding hydrogens is 364 g/mol. The molecule has 0 unspecified atom stereocenters. The molecule has 0 saturated carbocycles. The fraction of sp³-hybridized carbons (Fsp3) is 0.438. The highest BCUT2D eigenvalue weighted by molar-refractivity contribution is 5.28. The van der Waals surface area contributed by atoms with Crippen LogP contribution in [0.15, 0.2) is 30.6 Å². The van der Waals surface area contributed by atoms with Gasteiger partial charge in [-0.1, -0.05) is 13.8 Å². The van der Waals surface area contributed by atoms with Gasteiger partial charge in [0.1, 0.15) is 17.1 Å². The number of hydrogen-bond donors (Lipinski definition) is 0. The minimum absolute atomic E-state index is 0.0227. The second kappa shape index (κ2) is 7.08. The van der Waals surface area contributed by atoms with Crippen LogP contribution in [0.25, 0.3) is 0 Å². The van der Waals surface area contributed by atoms with E-state index in [9.17, 15) is 26.3 Å². The van der Waals surface area contributed by atoms with Crippen LogP contribution in [-0.2, 0) is 18.8 Å². The molecule has 0 fully saturated rings. The highest BCUT2D eigenvalue weighted by atomic mass is 19.4. The van der Waals surface area contributed by atoms with Crippen LogP contribution in [0.3, 0.4) is 0 Å². The molecule has 26 heavy (non-hydrogen) atoms. The maximum Gasteiger partial charge on any atom is 0.433 e. The van der Waals surface area contributed by atoms with Crippen LogP contribution in [0, 0.1) is 5.41 Å². The van der Waals surface area contributed by atoms with E-state index in [1.165, 1.54) is 0 Å². The van der Waals surface area contributed by atoms with Crippen LogP contribution in [0.5, 0.6) is 5.88 Å². The van der Waals surface area contributed by atoms with Crippen LogP contribution in [-0.4, -0.2) is 21.6 Å². The Morgan fingerprint density at radius 1 is 0.923 bits per heavy atom. The Labute approximate surface area is 145 Å². The first-order valence-corrected chi connectivity index (χ1v) is 7.43. The summed E-state index contributed by atoms with van der Waals surface area (Å²) >= 11 is 0. The lowest BCUT2D eigenvalue weighted by atomic mass is 9.90. The molecule has 10 heteroatoms. The maximum atomic E-state index is 12.9. The first-order valence-electron chi connectivity index (χ1n) is 7.43. The smallest absolute Gasteiger partial charge is 0.433 e. The number of ether oxygens (including phenoxy) is 1. The average Bonchev–Trinajstić information content (AvgIpc) is 2.51. The molecule has 0 N–H and O–H groups in total. The fourth-order valence-electron chi connectivity index (χ4n) is 2.11. The number of pyridine rings is 1. The van der Waals surface area contributed by atoms with Crippen LogP contribution in [0.2, 0.25) is 0 Å². The van der Waals surface area contributed by atoms with E-state index in [0.717, 1.165) is 30.6 Å². The van der Waals surface area contributed by atoms with Crippen LogP contribution in [0.4, 0.5) is 26.3 Å². The number of rotatable bonds is 5. The minimum atomic E-state index is -4.63. The summed E-state index contributed by atoms with van der Waals surface area (Å²) in [6, 6.07) is 2.72. The number of aromatic nitrogens is 3. The molecular formula is C16H15F6N3O. The Hall–Kier alpha value is -2.39. The molecule has 2 aromatic rings. The lowest BCUT2D eigenvalue weighted by Crippen LogP contribution is -2.26. The van der Waals surface area contributed by atoms with E-state index in [0.29, 0.717) is 0 Å². The van der Waals surface area contributed by atoms with Gasteiger partial charge in [-0.3, -0.25) is 0 Å². The van der Waals surface area contributed by atoms with Gasteiger partial charge in [-0.2, -0.15) is 26.3 Å². The number of nitrogens with zero attached hydrogens (tertiary/aromatic N) is 3. The Balaban J connectivity index is 2.11. The van der Waals surface area contributed by atoms with Crippen molar-refractivity contribution in [3.63, 3.8) is 0 Å². The van der Waals surface area contributed by atoms with E-state index in [-0.39, 0.29) is 18.9 Å². The van der Waals surface area contributed by atoms with Crippen molar-refractivity contribution in [1.29, 1.82) is 0 Å². The van der Waals surface area contributed by atoms with Crippen molar-refractivity contribution in [2.45, 2.75) is 32.6 Å². The lowest BCUT2D eigenvalue weighted by molar-refractivity contribution is -0.141. The molecule has 0 radical (unpaired) electrons. The van der Waals surface area contributed by atoms with E-state index in [2.05, 4.69) is 15.0 Å². The standard InChI is InChI=1S/C16H15F6N3O/c1-14(2,8-12-23-7-5-11(25-12)16(20,21)22)9-26-13-10(15(17,18)19)4-3-6-24-13/h3-7H,8-9H2,1-2H3. The highest BCUT2D eigenvalue weighted by Gasteiger charge is 2.36. The molecule has 0 bridgehead atoms. The number of halogens is 6. The Kier molecular flexibility index (Phi) is 5.43. The van der Waals surface area contributed by atoms with Gasteiger partial charge in [0.25, 0.3) is 0 Å². The van der Waals surface area contributed by atoms with E-state index in [1.807, 2.05) is 0 Å². The third-order valence-corrected chi connectivity index (χ3v) is 3.31. The van der Waals surface area contributed by atoms with Gasteiger partial charge in [-0.15, -0.1) is 0 Å². The van der Waals surface area contributed by atoms with Crippen molar-refractivity contribution in [3.05, 3.63) is 47.7 Å². The first-order chi connectivity index (χ1) is 11.9. The quantitative estimate of drug-likeness (QED) is 0.715. The average molecular weight is 379 g/mol. The Morgan fingerprint density at radius 2 is 1.62 bits per heavy atom. The summed E-state index contributed by atoms with van der Waals surface area (Å²) in [6.07, 6.45) is -7.10. The molecule has 2 rings (SSSR count). The second-order valence-corrected chi connectivity index (χ2v) is 6.34. The van der Waals surface area contributed by atoms with Crippen LogP contribution >= 0.6 is 0 Å². The summed E-state index contributed by atoms with van der Waals surface area (Å²) in [6.45, 7) is 3.02. The molecule has 2 aromatic heterocycles. The van der Waals surface area contributed by atoms with Crippen molar-refractivity contribution >= 4 is 0 Å². The second-order valence-electron chi connectivity index (χ2n) is 6.34. The Morgan fingerprint density at radius 3 is 2.23 bits per heavy atom. The van der Waals surface area contributed by atoms with Gasteiger partial charge in [0.15, 0.2) is 0 Å². The molecule has 0 aliphatic carbocycles. The Bertz CT molecular complexity index is 758. The number of hydrogen-bond acceptors (Lipinski definition) is 4. The lowest BCUT2D eigenvalue weighted by Gasteiger charge is -2.24. The molecule has 0 spiro atoms. The van der Waals surface area contributed by atoms with Crippen LogP contribution < -0.4 is 4.74 Å². The summed E-state index contributed by atoms with van der Waals surface area (Å²) in [4.78, 5) is 10.8. The molecule has 2 heterocycles. The van der Waals surface area contributed by atoms with Gasteiger partial charge in [0.05, 0.1) is 6.61 Å². The first kappa shape index (κ1) is 19.9. The van der Waals surface area contributed by atoms with E-state index in [1.54, 1.807) is 13.8 Å². The molecule has 0 saturated heterocycles. The molecule has 142 valence electrons. The zero-order valence-electron chi connectivity index (χ0n) is 13.8. The predicted molar refractivity (Wildman–Crippen MR) is 79.3 cm³/mol. The summed E-state index contributed by atoms with van der Waals surface area (Å²) in [7, 11) is 0. The minimum Gasteiger partial charge on any atom is -0.477 e. The molecule has 0 amide bonds. The summed E-state index contributed by atoms with van der Waals surface area (Å²) in [5.74, 6) is -0.663.